The number of hydrogen-bond donors (Lipinski definition) is 1. The largest absolute Gasteiger partial charge is 0.398 e. The van der Waals surface area contributed by atoms with Crippen LogP contribution in [0.25, 0.3) is 0 Å². The molecule has 0 fully saturated rings. The van der Waals surface area contributed by atoms with Crippen LogP contribution in [0, 0.1) is 22.7 Å². The lowest BCUT2D eigenvalue weighted by Crippen LogP contribution is -2.22. The van der Waals surface area contributed by atoms with E-state index in [-0.39, 0.29) is 0 Å². The number of rotatable bonds is 6. The van der Waals surface area contributed by atoms with Crippen molar-refractivity contribution >= 4 is 23.0 Å². The third kappa shape index (κ3) is 4.79. The van der Waals surface area contributed by atoms with Gasteiger partial charge in [-0.2, -0.15) is 15.6 Å². The Morgan fingerprint density at radius 1 is 1.30 bits per heavy atom. The van der Waals surface area contributed by atoms with Gasteiger partial charge in [-0.15, -0.1) is 0 Å². The van der Waals surface area contributed by atoms with E-state index in [4.69, 9.17) is 27.9 Å². The highest BCUT2D eigenvalue weighted by Crippen LogP contribution is 2.19. The third-order valence-electron chi connectivity index (χ3n) is 2.66. The van der Waals surface area contributed by atoms with Crippen LogP contribution in [0.2, 0.25) is 5.02 Å². The lowest BCUT2D eigenvalue weighted by molar-refractivity contribution is 0.302. The van der Waals surface area contributed by atoms with Crippen molar-refractivity contribution in [1.29, 1.82) is 10.5 Å². The predicted molar refractivity (Wildman–Crippen MR) is 80.1 cm³/mol. The van der Waals surface area contributed by atoms with Gasteiger partial charge in [-0.05, 0) is 25.1 Å². The summed E-state index contributed by atoms with van der Waals surface area (Å²) < 4.78 is 0. The number of nitriles is 2. The van der Waals surface area contributed by atoms with Crippen LogP contribution in [0.15, 0.2) is 23.3 Å². The van der Waals surface area contributed by atoms with E-state index in [1.54, 1.807) is 23.2 Å². The first-order chi connectivity index (χ1) is 9.58. The van der Waals surface area contributed by atoms with E-state index in [1.165, 1.54) is 0 Å². The van der Waals surface area contributed by atoms with E-state index in [1.807, 2.05) is 6.92 Å². The van der Waals surface area contributed by atoms with Crippen LogP contribution in [-0.2, 0) is 0 Å². The summed E-state index contributed by atoms with van der Waals surface area (Å²) in [4.78, 5) is 0. The van der Waals surface area contributed by atoms with Crippen molar-refractivity contribution in [3.05, 3.63) is 28.8 Å². The summed E-state index contributed by atoms with van der Waals surface area (Å²) in [7, 11) is 0. The second kappa shape index (κ2) is 8.04. The number of anilines is 1. The van der Waals surface area contributed by atoms with Crippen molar-refractivity contribution < 1.29 is 0 Å². The average Bonchev–Trinajstić information content (AvgIpc) is 2.44. The summed E-state index contributed by atoms with van der Waals surface area (Å²) in [5, 5.41) is 24.0. The maximum atomic E-state index is 8.64. The molecule has 0 aromatic heterocycles. The van der Waals surface area contributed by atoms with Gasteiger partial charge < -0.3 is 5.73 Å². The van der Waals surface area contributed by atoms with E-state index in [9.17, 15) is 0 Å². The first-order valence-electron chi connectivity index (χ1n) is 6.18. The summed E-state index contributed by atoms with van der Waals surface area (Å²) in [6.45, 7) is 2.79. The summed E-state index contributed by atoms with van der Waals surface area (Å²) >= 11 is 5.95. The van der Waals surface area contributed by atoms with Crippen LogP contribution in [0.3, 0.4) is 0 Å². The molecule has 5 nitrogen and oxygen atoms in total. The molecule has 0 heterocycles. The van der Waals surface area contributed by atoms with Crippen molar-refractivity contribution in [2.75, 3.05) is 18.8 Å². The zero-order chi connectivity index (χ0) is 15.0. The molecule has 6 heteroatoms. The van der Waals surface area contributed by atoms with E-state index in [2.05, 4.69) is 17.2 Å². The van der Waals surface area contributed by atoms with Crippen LogP contribution >= 0.6 is 11.6 Å². The Balaban J connectivity index is 2.94. The Bertz CT molecular complexity index is 550. The number of hydrazone groups is 1. The zero-order valence-electron chi connectivity index (χ0n) is 11.3. The molecule has 104 valence electrons. The number of halogens is 1. The molecule has 0 spiro atoms. The van der Waals surface area contributed by atoms with Gasteiger partial charge >= 0.3 is 0 Å². The van der Waals surface area contributed by atoms with Gasteiger partial charge in [-0.1, -0.05) is 11.6 Å². The minimum absolute atomic E-state index is 0.354. The Hall–Kier alpha value is -2.24. The first-order valence-corrected chi connectivity index (χ1v) is 6.55. The molecule has 0 bridgehead atoms. The van der Waals surface area contributed by atoms with Crippen molar-refractivity contribution in [2.45, 2.75) is 19.8 Å². The van der Waals surface area contributed by atoms with Crippen LogP contribution in [0.5, 0.6) is 0 Å². The van der Waals surface area contributed by atoms with Gasteiger partial charge in [0, 0.05) is 29.4 Å². The Kier molecular flexibility index (Phi) is 6.36. The molecule has 1 aromatic rings. The summed E-state index contributed by atoms with van der Waals surface area (Å²) in [6.07, 6.45) is 0.709. The second-order valence-corrected chi connectivity index (χ2v) is 4.62. The minimum atomic E-state index is 0.354. The zero-order valence-corrected chi connectivity index (χ0v) is 12.1. The lowest BCUT2D eigenvalue weighted by Gasteiger charge is -2.18. The van der Waals surface area contributed by atoms with Crippen molar-refractivity contribution in [3.8, 4) is 12.1 Å². The summed E-state index contributed by atoms with van der Waals surface area (Å²) in [5.41, 5.74) is 7.97. The van der Waals surface area contributed by atoms with E-state index >= 15 is 0 Å². The normalized spacial score (nSPS) is 10.7. The molecule has 0 radical (unpaired) electrons. The Morgan fingerprint density at radius 2 is 1.90 bits per heavy atom. The smallest absolute Gasteiger partial charge is 0.0667 e. The molecule has 20 heavy (non-hydrogen) atoms. The van der Waals surface area contributed by atoms with Gasteiger partial charge in [0.2, 0.25) is 0 Å². The number of nitrogens with zero attached hydrogens (tertiary/aromatic N) is 4. The molecule has 0 unspecified atom stereocenters. The molecular formula is C14H16ClN5. The van der Waals surface area contributed by atoms with E-state index < -0.39 is 0 Å². The molecule has 0 aliphatic rings. The molecule has 0 saturated heterocycles. The van der Waals surface area contributed by atoms with Crippen molar-refractivity contribution in [1.82, 2.24) is 5.01 Å². The van der Waals surface area contributed by atoms with E-state index in [0.717, 1.165) is 5.56 Å². The highest BCUT2D eigenvalue weighted by Gasteiger charge is 2.07. The monoisotopic (exact) mass is 289 g/mol. The van der Waals surface area contributed by atoms with Crippen molar-refractivity contribution in [3.63, 3.8) is 0 Å². The van der Waals surface area contributed by atoms with Crippen LogP contribution in [0.4, 0.5) is 5.69 Å². The van der Waals surface area contributed by atoms with Gasteiger partial charge in [0.15, 0.2) is 0 Å². The molecular weight excluding hydrogens is 274 g/mol. The summed E-state index contributed by atoms with van der Waals surface area (Å²) in [6, 6.07) is 9.34. The highest BCUT2D eigenvalue weighted by molar-refractivity contribution is 6.31. The fourth-order valence-electron chi connectivity index (χ4n) is 1.68. The molecule has 0 saturated carbocycles. The first kappa shape index (κ1) is 15.8. The van der Waals surface area contributed by atoms with Crippen LogP contribution in [0.1, 0.15) is 25.3 Å². The molecule has 1 aromatic carbocycles. The quantitative estimate of drug-likeness (QED) is 0.495. The maximum absolute atomic E-state index is 8.64. The fraction of sp³-hybridized carbons (Fsp3) is 0.357. The van der Waals surface area contributed by atoms with Gasteiger partial charge in [-0.3, -0.25) is 5.01 Å². The third-order valence-corrected chi connectivity index (χ3v) is 2.90. The van der Waals surface area contributed by atoms with E-state index in [0.29, 0.717) is 42.4 Å². The average molecular weight is 290 g/mol. The van der Waals surface area contributed by atoms with Gasteiger partial charge in [0.05, 0.1) is 30.7 Å². The number of nitrogens with two attached hydrogens (primary N) is 1. The van der Waals surface area contributed by atoms with Gasteiger partial charge in [0.1, 0.15) is 0 Å². The topological polar surface area (TPSA) is 89.2 Å². The van der Waals surface area contributed by atoms with Gasteiger partial charge in [-0.25, -0.2) is 0 Å². The Labute approximate surface area is 123 Å². The van der Waals surface area contributed by atoms with Gasteiger partial charge in [0.25, 0.3) is 0 Å². The molecule has 0 aliphatic heterocycles. The number of hydrogen-bond acceptors (Lipinski definition) is 5. The second-order valence-electron chi connectivity index (χ2n) is 4.19. The predicted octanol–water partition coefficient (Wildman–Crippen LogP) is 2.78. The molecule has 1 rings (SSSR count). The highest BCUT2D eigenvalue weighted by atomic mass is 35.5. The molecule has 2 N–H and O–H groups in total. The van der Waals surface area contributed by atoms with Crippen LogP contribution < -0.4 is 5.73 Å². The number of benzene rings is 1. The molecule has 0 amide bonds. The molecule has 0 aliphatic carbocycles. The maximum Gasteiger partial charge on any atom is 0.0667 e. The lowest BCUT2D eigenvalue weighted by atomic mass is 10.1. The SMILES string of the molecule is C/C(=N\N(CCC#N)CCC#N)c1cc(Cl)ccc1N. The van der Waals surface area contributed by atoms with Crippen LogP contribution in [-0.4, -0.2) is 23.8 Å². The summed E-state index contributed by atoms with van der Waals surface area (Å²) in [5.74, 6) is 0. The number of nitrogen functional groups attached to an aromatic ring is 1. The Morgan fingerprint density at radius 3 is 2.45 bits per heavy atom. The minimum Gasteiger partial charge on any atom is -0.398 e. The fourth-order valence-corrected chi connectivity index (χ4v) is 1.85. The molecule has 0 atom stereocenters. The standard InChI is InChI=1S/C14H16ClN5/c1-11(13-10-12(15)4-5-14(13)18)19-20(8-2-6-16)9-3-7-17/h4-5,10H,2-3,8-9,18H2,1H3/b19-11+. The van der Waals surface area contributed by atoms with Crippen molar-refractivity contribution in [2.24, 2.45) is 5.10 Å².